The Kier molecular flexibility index (Phi) is 6.53. The lowest BCUT2D eigenvalue weighted by atomic mass is 9.48. The van der Waals surface area contributed by atoms with Crippen molar-refractivity contribution in [3.8, 4) is 24.0 Å². The van der Waals surface area contributed by atoms with Gasteiger partial charge in [0, 0.05) is 18.4 Å². The number of fused-ring (bicyclic) bond motifs is 3. The molecule has 0 spiro atoms. The Morgan fingerprint density at radius 2 is 1.97 bits per heavy atom. The summed E-state index contributed by atoms with van der Waals surface area (Å²) in [5.74, 6) is 5.72. The number of carbonyl (C=O) groups excluding carboxylic acids is 2. The summed E-state index contributed by atoms with van der Waals surface area (Å²) in [5.41, 5.74) is -0.679. The average molecular weight is 415 g/mol. The largest absolute Gasteiger partial charge is 0.340 e. The van der Waals surface area contributed by atoms with E-state index in [1.165, 1.54) is 12.3 Å². The van der Waals surface area contributed by atoms with E-state index in [0.29, 0.717) is 18.7 Å². The molecule has 0 aromatic heterocycles. The lowest BCUT2D eigenvalue weighted by Crippen LogP contribution is -2.49. The maximum absolute atomic E-state index is 12.6. The van der Waals surface area contributed by atoms with Crippen molar-refractivity contribution in [2.24, 2.45) is 27.7 Å². The highest BCUT2D eigenvalue weighted by Crippen LogP contribution is 2.60. The van der Waals surface area contributed by atoms with E-state index in [1.54, 1.807) is 19.2 Å². The van der Waals surface area contributed by atoms with Crippen molar-refractivity contribution in [3.63, 3.8) is 0 Å². The molecule has 3 aliphatic carbocycles. The Morgan fingerprint density at radius 1 is 1.29 bits per heavy atom. The normalized spacial score (nSPS) is 31.5. The Morgan fingerprint density at radius 3 is 2.55 bits per heavy atom. The third kappa shape index (κ3) is 3.65. The number of Topliss-reactive ketones (excluding diaryl/α,β-unsaturated/α-hetero) is 1. The van der Waals surface area contributed by atoms with Crippen LogP contribution in [0, 0.1) is 57.2 Å². The summed E-state index contributed by atoms with van der Waals surface area (Å²) in [7, 11) is 1.60. The summed E-state index contributed by atoms with van der Waals surface area (Å²) in [6, 6.07) is 3.99. The number of ketones is 2. The Balaban J connectivity index is 0.00000341. The van der Waals surface area contributed by atoms with Crippen molar-refractivity contribution in [1.29, 1.82) is 10.5 Å². The number of aliphatic imine (C=N–C) groups is 1. The van der Waals surface area contributed by atoms with E-state index in [-0.39, 0.29) is 42.0 Å². The number of allylic oxidation sites excluding steroid dienone is 6. The first-order valence-electron chi connectivity index (χ1n) is 9.71. The molecular formula is C25H26N4O2. The first-order valence-corrected chi connectivity index (χ1v) is 9.71. The molecule has 31 heavy (non-hydrogen) atoms. The van der Waals surface area contributed by atoms with Gasteiger partial charge < -0.3 is 5.32 Å². The van der Waals surface area contributed by atoms with Crippen LogP contribution in [0.3, 0.4) is 0 Å². The van der Waals surface area contributed by atoms with Crippen molar-refractivity contribution in [2.45, 2.75) is 34.1 Å². The van der Waals surface area contributed by atoms with E-state index in [0.717, 1.165) is 5.57 Å². The van der Waals surface area contributed by atoms with E-state index in [1.807, 2.05) is 26.0 Å². The topological polar surface area (TPSA) is 106 Å². The Bertz CT molecular complexity index is 1110. The molecular weight excluding hydrogens is 388 g/mol. The van der Waals surface area contributed by atoms with Gasteiger partial charge in [0.1, 0.15) is 12.1 Å². The van der Waals surface area contributed by atoms with E-state index < -0.39 is 10.8 Å². The van der Waals surface area contributed by atoms with Crippen LogP contribution in [0.25, 0.3) is 0 Å². The van der Waals surface area contributed by atoms with Gasteiger partial charge in [0.15, 0.2) is 17.4 Å². The van der Waals surface area contributed by atoms with Crippen molar-refractivity contribution in [1.82, 2.24) is 5.32 Å². The van der Waals surface area contributed by atoms with Gasteiger partial charge in [0.05, 0.1) is 16.6 Å². The number of hydrogen-bond acceptors (Lipinski definition) is 5. The number of hydrogen-bond donors (Lipinski definition) is 1. The zero-order valence-corrected chi connectivity index (χ0v) is 17.2. The monoisotopic (exact) mass is 414 g/mol. The van der Waals surface area contributed by atoms with E-state index in [9.17, 15) is 20.1 Å². The molecule has 0 radical (unpaired) electrons. The van der Waals surface area contributed by atoms with Gasteiger partial charge >= 0.3 is 0 Å². The quantitative estimate of drug-likeness (QED) is 0.402. The maximum atomic E-state index is 12.6. The van der Waals surface area contributed by atoms with Crippen molar-refractivity contribution < 1.29 is 9.59 Å². The van der Waals surface area contributed by atoms with Crippen LogP contribution in [0.4, 0.5) is 0 Å². The second-order valence-corrected chi connectivity index (χ2v) is 7.98. The molecule has 1 fully saturated rings. The van der Waals surface area contributed by atoms with Gasteiger partial charge in [-0.15, -0.1) is 0 Å². The molecule has 4 atom stereocenters. The first kappa shape index (κ1) is 23.6. The number of rotatable bonds is 1. The van der Waals surface area contributed by atoms with Gasteiger partial charge in [-0.3, -0.25) is 14.6 Å². The summed E-state index contributed by atoms with van der Waals surface area (Å²) >= 11 is 0. The highest BCUT2D eigenvalue weighted by atomic mass is 16.1. The molecule has 6 heteroatoms. The second kappa shape index (κ2) is 8.58. The highest BCUT2D eigenvalue weighted by Gasteiger charge is 2.56. The maximum Gasteiger partial charge on any atom is 0.196 e. The molecule has 6 nitrogen and oxygen atoms in total. The molecule has 0 aromatic carbocycles. The lowest BCUT2D eigenvalue weighted by Gasteiger charge is -2.53. The number of carbonyl (C=O) groups is 2. The second-order valence-electron chi connectivity index (χ2n) is 7.98. The minimum absolute atomic E-state index is 0. The highest BCUT2D eigenvalue weighted by molar-refractivity contribution is 6.09. The fourth-order valence-corrected chi connectivity index (χ4v) is 4.98. The molecule has 0 aliphatic heterocycles. The lowest BCUT2D eigenvalue weighted by molar-refractivity contribution is -0.122. The summed E-state index contributed by atoms with van der Waals surface area (Å²) in [4.78, 5) is 29.3. The number of nitrogens with one attached hydrogen (secondary N) is 1. The SMILES string of the molecule is C.C=CNC(C#CC12C=C(C#N)C(=O)C=C1C1(C)C=C(C#N)C(=O)C(C)C1CC2)=NC. The number of nitrogens with zero attached hydrogens (tertiary/aromatic N) is 3. The predicted molar refractivity (Wildman–Crippen MR) is 119 cm³/mol. The molecule has 158 valence electrons. The van der Waals surface area contributed by atoms with Gasteiger partial charge in [-0.1, -0.05) is 39.8 Å². The van der Waals surface area contributed by atoms with Gasteiger partial charge in [-0.2, -0.15) is 10.5 Å². The first-order chi connectivity index (χ1) is 14.3. The van der Waals surface area contributed by atoms with Crippen LogP contribution in [0.5, 0.6) is 0 Å². The summed E-state index contributed by atoms with van der Waals surface area (Å²) in [6.07, 6.45) is 7.51. The minimum atomic E-state index is -0.861. The number of nitriles is 2. The van der Waals surface area contributed by atoms with Crippen LogP contribution in [-0.4, -0.2) is 24.4 Å². The van der Waals surface area contributed by atoms with Gasteiger partial charge in [0.25, 0.3) is 0 Å². The van der Waals surface area contributed by atoms with E-state index >= 15 is 0 Å². The smallest absolute Gasteiger partial charge is 0.196 e. The zero-order valence-electron chi connectivity index (χ0n) is 17.2. The van der Waals surface area contributed by atoms with Gasteiger partial charge in [-0.05, 0) is 48.6 Å². The molecule has 3 rings (SSSR count). The van der Waals surface area contributed by atoms with Crippen LogP contribution in [0.1, 0.15) is 34.1 Å². The molecule has 0 heterocycles. The van der Waals surface area contributed by atoms with Crippen LogP contribution in [-0.2, 0) is 9.59 Å². The third-order valence-corrected chi connectivity index (χ3v) is 6.45. The summed E-state index contributed by atoms with van der Waals surface area (Å²) < 4.78 is 0. The standard InChI is InChI=1S/C24H22N4O2.CH4/c1-5-28-21(27-4)7-9-24-8-6-18-15(2)22(30)17(14-26)11-23(18,3)20(24)10-19(29)16(12-24)13-25;/h5,10-12,15,18H,1,6,8H2,2-4H3,(H,27,28);1H4. The molecule has 0 amide bonds. The van der Waals surface area contributed by atoms with Crippen molar-refractivity contribution in [2.75, 3.05) is 7.05 Å². The van der Waals surface area contributed by atoms with E-state index in [2.05, 4.69) is 28.7 Å². The molecule has 1 N–H and O–H groups in total. The summed E-state index contributed by atoms with van der Waals surface area (Å²) in [6.45, 7) is 7.41. The third-order valence-electron chi connectivity index (χ3n) is 6.45. The average Bonchev–Trinajstić information content (AvgIpc) is 2.74. The predicted octanol–water partition coefficient (Wildman–Crippen LogP) is 3.42. The number of amidine groups is 1. The minimum Gasteiger partial charge on any atom is -0.340 e. The molecule has 0 saturated heterocycles. The fourth-order valence-electron chi connectivity index (χ4n) is 4.98. The van der Waals surface area contributed by atoms with Gasteiger partial charge in [0.2, 0.25) is 0 Å². The van der Waals surface area contributed by atoms with E-state index in [4.69, 9.17) is 0 Å². The summed E-state index contributed by atoms with van der Waals surface area (Å²) in [5, 5.41) is 21.8. The van der Waals surface area contributed by atoms with Crippen LogP contribution in [0.15, 0.2) is 52.7 Å². The van der Waals surface area contributed by atoms with Crippen molar-refractivity contribution >= 4 is 17.4 Å². The molecule has 3 aliphatic rings. The Labute approximate surface area is 183 Å². The Hall–Kier alpha value is -3.69. The molecule has 4 unspecified atom stereocenters. The molecule has 1 saturated carbocycles. The molecule has 0 bridgehead atoms. The van der Waals surface area contributed by atoms with Crippen LogP contribution < -0.4 is 5.32 Å². The fraction of sp³-hybridized carbons (Fsp3) is 0.400. The van der Waals surface area contributed by atoms with Crippen LogP contribution in [0.2, 0.25) is 0 Å². The van der Waals surface area contributed by atoms with Crippen molar-refractivity contribution in [3.05, 3.63) is 47.7 Å². The zero-order chi connectivity index (χ0) is 22.1. The van der Waals surface area contributed by atoms with Crippen LogP contribution >= 0.6 is 0 Å². The molecule has 0 aromatic rings. The van der Waals surface area contributed by atoms with Gasteiger partial charge in [-0.25, -0.2) is 0 Å².